The summed E-state index contributed by atoms with van der Waals surface area (Å²) in [7, 11) is 0. The summed E-state index contributed by atoms with van der Waals surface area (Å²) in [4.78, 5) is 0. The maximum atomic E-state index is 9.91. The molecular formula is C13H18O2. The van der Waals surface area contributed by atoms with Crippen LogP contribution in [0.15, 0.2) is 30.3 Å². The third-order valence-electron chi connectivity index (χ3n) is 3.20. The number of hydrogen-bond acceptors (Lipinski definition) is 2. The molecule has 2 nitrogen and oxygen atoms in total. The fourth-order valence-corrected chi connectivity index (χ4v) is 2.17. The summed E-state index contributed by atoms with van der Waals surface area (Å²) in [5.41, 5.74) is 0.277. The van der Waals surface area contributed by atoms with Crippen LogP contribution in [0, 0.1) is 5.92 Å². The summed E-state index contributed by atoms with van der Waals surface area (Å²) >= 11 is 0. The minimum Gasteiger partial charge on any atom is -0.390 e. The molecule has 0 amide bonds. The van der Waals surface area contributed by atoms with E-state index in [0.29, 0.717) is 5.92 Å². The summed E-state index contributed by atoms with van der Waals surface area (Å²) < 4.78 is 0. The van der Waals surface area contributed by atoms with Crippen LogP contribution in [-0.2, 0) is 0 Å². The molecule has 82 valence electrons. The zero-order valence-electron chi connectivity index (χ0n) is 9.22. The lowest BCUT2D eigenvalue weighted by Gasteiger charge is -2.24. The van der Waals surface area contributed by atoms with Crippen LogP contribution in [0.2, 0.25) is 0 Å². The van der Waals surface area contributed by atoms with Gasteiger partial charge in [-0.05, 0) is 37.7 Å². The quantitative estimate of drug-likeness (QED) is 0.793. The van der Waals surface area contributed by atoms with Crippen LogP contribution in [0.25, 0.3) is 0 Å². The van der Waals surface area contributed by atoms with E-state index in [9.17, 15) is 10.2 Å². The first-order chi connectivity index (χ1) is 7.00. The third-order valence-corrected chi connectivity index (χ3v) is 3.20. The molecule has 1 fully saturated rings. The standard InChI is InChI=1S/C13H18O2/c1-13(2,15)12(14)11-8-10(11)9-6-4-3-5-7-9/h3-7,10-12,14-15H,8H2,1-2H3. The van der Waals surface area contributed by atoms with Crippen LogP contribution >= 0.6 is 0 Å². The first kappa shape index (κ1) is 10.7. The molecule has 15 heavy (non-hydrogen) atoms. The Labute approximate surface area is 90.6 Å². The summed E-state index contributed by atoms with van der Waals surface area (Å²) in [5.74, 6) is 0.639. The monoisotopic (exact) mass is 206 g/mol. The molecular weight excluding hydrogens is 188 g/mol. The molecule has 3 unspecified atom stereocenters. The van der Waals surface area contributed by atoms with E-state index in [2.05, 4.69) is 12.1 Å². The van der Waals surface area contributed by atoms with E-state index in [1.807, 2.05) is 18.2 Å². The molecule has 0 saturated heterocycles. The van der Waals surface area contributed by atoms with Crippen LogP contribution in [-0.4, -0.2) is 21.9 Å². The lowest BCUT2D eigenvalue weighted by molar-refractivity contribution is -0.0593. The Morgan fingerprint density at radius 1 is 1.27 bits per heavy atom. The zero-order chi connectivity index (χ0) is 11.1. The second-order valence-corrected chi connectivity index (χ2v) is 5.02. The Morgan fingerprint density at radius 2 is 1.87 bits per heavy atom. The van der Waals surface area contributed by atoms with Crippen molar-refractivity contribution in [2.75, 3.05) is 0 Å². The number of aliphatic hydroxyl groups is 2. The summed E-state index contributed by atoms with van der Waals surface area (Å²) in [6.45, 7) is 3.33. The molecule has 0 spiro atoms. The SMILES string of the molecule is CC(C)(O)C(O)C1CC1c1ccccc1. The average molecular weight is 206 g/mol. The highest BCUT2D eigenvalue weighted by atomic mass is 16.3. The number of hydrogen-bond donors (Lipinski definition) is 2. The van der Waals surface area contributed by atoms with E-state index in [1.54, 1.807) is 13.8 Å². The molecule has 2 N–H and O–H groups in total. The molecule has 1 aromatic rings. The molecule has 0 bridgehead atoms. The van der Waals surface area contributed by atoms with Gasteiger partial charge < -0.3 is 10.2 Å². The smallest absolute Gasteiger partial charge is 0.0855 e. The topological polar surface area (TPSA) is 40.5 Å². The molecule has 1 aliphatic rings. The normalized spacial score (nSPS) is 27.5. The van der Waals surface area contributed by atoms with E-state index in [4.69, 9.17) is 0 Å². The summed E-state index contributed by atoms with van der Waals surface area (Å²) in [6.07, 6.45) is 0.359. The molecule has 0 aliphatic heterocycles. The molecule has 2 heteroatoms. The first-order valence-corrected chi connectivity index (χ1v) is 5.45. The minimum atomic E-state index is -0.992. The van der Waals surface area contributed by atoms with E-state index in [-0.39, 0.29) is 5.92 Å². The van der Waals surface area contributed by atoms with Gasteiger partial charge in [0.25, 0.3) is 0 Å². The lowest BCUT2D eigenvalue weighted by atomic mass is 9.95. The summed E-state index contributed by atoms with van der Waals surface area (Å²) in [6, 6.07) is 10.2. The number of aliphatic hydroxyl groups excluding tert-OH is 1. The van der Waals surface area contributed by atoms with Crippen molar-refractivity contribution in [1.29, 1.82) is 0 Å². The van der Waals surface area contributed by atoms with Gasteiger partial charge >= 0.3 is 0 Å². The maximum absolute atomic E-state index is 9.91. The van der Waals surface area contributed by atoms with Gasteiger partial charge in [-0.25, -0.2) is 0 Å². The van der Waals surface area contributed by atoms with Crippen LogP contribution in [0.5, 0.6) is 0 Å². The fraction of sp³-hybridized carbons (Fsp3) is 0.538. The van der Waals surface area contributed by atoms with Crippen molar-refractivity contribution in [3.8, 4) is 0 Å². The molecule has 0 heterocycles. The van der Waals surface area contributed by atoms with E-state index < -0.39 is 11.7 Å². The van der Waals surface area contributed by atoms with Gasteiger partial charge in [0.2, 0.25) is 0 Å². The number of benzene rings is 1. The van der Waals surface area contributed by atoms with Crippen LogP contribution in [0.4, 0.5) is 0 Å². The van der Waals surface area contributed by atoms with Crippen molar-refractivity contribution < 1.29 is 10.2 Å². The van der Waals surface area contributed by atoms with E-state index in [0.717, 1.165) is 6.42 Å². The van der Waals surface area contributed by atoms with Gasteiger partial charge in [-0.15, -0.1) is 0 Å². The third kappa shape index (κ3) is 2.21. The van der Waals surface area contributed by atoms with E-state index >= 15 is 0 Å². The molecule has 1 saturated carbocycles. The maximum Gasteiger partial charge on any atom is 0.0855 e. The zero-order valence-corrected chi connectivity index (χ0v) is 9.22. The van der Waals surface area contributed by atoms with Crippen molar-refractivity contribution >= 4 is 0 Å². The predicted octanol–water partition coefficient (Wildman–Crippen LogP) is 1.92. The Kier molecular flexibility index (Phi) is 2.57. The predicted molar refractivity (Wildman–Crippen MR) is 59.6 cm³/mol. The van der Waals surface area contributed by atoms with Gasteiger partial charge in [-0.3, -0.25) is 0 Å². The van der Waals surface area contributed by atoms with Gasteiger partial charge in [-0.2, -0.15) is 0 Å². The van der Waals surface area contributed by atoms with Gasteiger partial charge in [0.05, 0.1) is 11.7 Å². The highest BCUT2D eigenvalue weighted by Crippen LogP contribution is 2.51. The van der Waals surface area contributed by atoms with Gasteiger partial charge in [0.1, 0.15) is 0 Å². The number of rotatable bonds is 3. The Balaban J connectivity index is 2.03. The molecule has 2 rings (SSSR count). The van der Waals surface area contributed by atoms with Crippen molar-refractivity contribution in [3.63, 3.8) is 0 Å². The van der Waals surface area contributed by atoms with Gasteiger partial charge in [-0.1, -0.05) is 30.3 Å². The highest BCUT2D eigenvalue weighted by Gasteiger charge is 2.47. The van der Waals surface area contributed by atoms with Crippen LogP contribution < -0.4 is 0 Å². The second kappa shape index (κ2) is 3.62. The Morgan fingerprint density at radius 3 is 2.40 bits per heavy atom. The van der Waals surface area contributed by atoms with Crippen molar-refractivity contribution in [2.45, 2.75) is 37.9 Å². The molecule has 0 radical (unpaired) electrons. The largest absolute Gasteiger partial charge is 0.390 e. The van der Waals surface area contributed by atoms with Crippen LogP contribution in [0.3, 0.4) is 0 Å². The van der Waals surface area contributed by atoms with Crippen molar-refractivity contribution in [1.82, 2.24) is 0 Å². The van der Waals surface area contributed by atoms with Gasteiger partial charge in [0, 0.05) is 0 Å². The van der Waals surface area contributed by atoms with E-state index in [1.165, 1.54) is 5.56 Å². The van der Waals surface area contributed by atoms with Crippen molar-refractivity contribution in [2.24, 2.45) is 5.92 Å². The average Bonchev–Trinajstić information content (AvgIpc) is 2.96. The molecule has 1 aromatic carbocycles. The lowest BCUT2D eigenvalue weighted by Crippen LogP contribution is -2.37. The fourth-order valence-electron chi connectivity index (χ4n) is 2.17. The Bertz CT molecular complexity index is 326. The van der Waals surface area contributed by atoms with Gasteiger partial charge in [0.15, 0.2) is 0 Å². The van der Waals surface area contributed by atoms with Crippen molar-refractivity contribution in [3.05, 3.63) is 35.9 Å². The molecule has 0 aromatic heterocycles. The summed E-state index contributed by atoms with van der Waals surface area (Å²) in [5, 5.41) is 19.6. The second-order valence-electron chi connectivity index (χ2n) is 5.02. The molecule has 1 aliphatic carbocycles. The molecule has 3 atom stereocenters. The minimum absolute atomic E-state index is 0.215. The van der Waals surface area contributed by atoms with Crippen LogP contribution in [0.1, 0.15) is 31.7 Å². The first-order valence-electron chi connectivity index (χ1n) is 5.45. The Hall–Kier alpha value is -0.860. The highest BCUT2D eigenvalue weighted by molar-refractivity contribution is 5.26.